The second kappa shape index (κ2) is 5.37. The second-order valence-corrected chi connectivity index (χ2v) is 4.31. The molecule has 0 spiro atoms. The van der Waals surface area contributed by atoms with Crippen LogP contribution in [0.25, 0.3) is 0 Å². The van der Waals surface area contributed by atoms with Crippen LogP contribution in [0.5, 0.6) is 0 Å². The van der Waals surface area contributed by atoms with Crippen molar-refractivity contribution in [1.82, 2.24) is 0 Å². The van der Waals surface area contributed by atoms with Crippen LogP contribution in [-0.4, -0.2) is 25.0 Å². The highest BCUT2D eigenvalue weighted by Gasteiger charge is 2.30. The number of rotatable bonds is 2. The summed E-state index contributed by atoms with van der Waals surface area (Å²) in [5.41, 5.74) is 11.7. The fraction of sp³-hybridized carbons (Fsp3) is 0.333. The van der Waals surface area contributed by atoms with Crippen LogP contribution in [0, 0.1) is 0 Å². The van der Waals surface area contributed by atoms with Gasteiger partial charge in [0.15, 0.2) is 0 Å². The lowest BCUT2D eigenvalue weighted by molar-refractivity contribution is 0.0997. The van der Waals surface area contributed by atoms with Crippen molar-refractivity contribution in [3.8, 4) is 0 Å². The molecule has 0 radical (unpaired) electrons. The number of amidine groups is 1. The molecule has 1 aliphatic heterocycles. The average molecular weight is 270 g/mol. The van der Waals surface area contributed by atoms with E-state index in [1.807, 2.05) is 13.0 Å². The van der Waals surface area contributed by atoms with Gasteiger partial charge in [-0.15, -0.1) is 12.4 Å². The molecule has 0 unspecified atom stereocenters. The molecule has 1 aromatic carbocycles. The van der Waals surface area contributed by atoms with Gasteiger partial charge < -0.3 is 16.2 Å². The lowest BCUT2D eigenvalue weighted by Gasteiger charge is -2.30. The standard InChI is InChI=1S/C12H15N3O2.ClH/c1-12(7-17-6-10(13)15-12)9-4-2-3-8(5-9)11(14)16;/h2-5H,6-7H2,1H3,(H2,13,15)(H2,14,16);1H/t12-;/m0./s1. The van der Waals surface area contributed by atoms with Crippen molar-refractivity contribution < 1.29 is 9.53 Å². The van der Waals surface area contributed by atoms with E-state index in [1.54, 1.807) is 18.2 Å². The zero-order valence-electron chi connectivity index (χ0n) is 10.1. The number of hydrogen-bond acceptors (Lipinski definition) is 4. The van der Waals surface area contributed by atoms with Crippen molar-refractivity contribution in [1.29, 1.82) is 0 Å². The van der Waals surface area contributed by atoms with E-state index in [2.05, 4.69) is 4.99 Å². The summed E-state index contributed by atoms with van der Waals surface area (Å²) in [6, 6.07) is 7.07. The van der Waals surface area contributed by atoms with E-state index in [0.717, 1.165) is 5.56 Å². The normalized spacial score (nSPS) is 22.8. The summed E-state index contributed by atoms with van der Waals surface area (Å²) in [6.45, 7) is 2.71. The van der Waals surface area contributed by atoms with E-state index in [1.165, 1.54) is 0 Å². The minimum atomic E-state index is -0.548. The molecule has 1 aliphatic rings. The maximum atomic E-state index is 11.1. The Kier molecular flexibility index (Phi) is 4.32. The summed E-state index contributed by atoms with van der Waals surface area (Å²) in [7, 11) is 0. The Morgan fingerprint density at radius 3 is 2.83 bits per heavy atom. The number of benzene rings is 1. The third-order valence-corrected chi connectivity index (χ3v) is 2.79. The van der Waals surface area contributed by atoms with Crippen molar-refractivity contribution in [3.05, 3.63) is 35.4 Å². The van der Waals surface area contributed by atoms with Gasteiger partial charge in [-0.05, 0) is 24.6 Å². The van der Waals surface area contributed by atoms with Gasteiger partial charge >= 0.3 is 0 Å². The van der Waals surface area contributed by atoms with Crippen molar-refractivity contribution >= 4 is 24.1 Å². The molecule has 0 aliphatic carbocycles. The van der Waals surface area contributed by atoms with Gasteiger partial charge in [-0.25, -0.2) is 0 Å². The zero-order valence-corrected chi connectivity index (χ0v) is 10.9. The van der Waals surface area contributed by atoms with Crippen molar-refractivity contribution in [2.45, 2.75) is 12.5 Å². The molecule has 1 atom stereocenters. The third-order valence-electron chi connectivity index (χ3n) is 2.79. The highest BCUT2D eigenvalue weighted by molar-refractivity contribution is 5.93. The van der Waals surface area contributed by atoms with Crippen LogP contribution in [0.1, 0.15) is 22.8 Å². The number of carbonyl (C=O) groups is 1. The van der Waals surface area contributed by atoms with E-state index in [0.29, 0.717) is 24.6 Å². The maximum absolute atomic E-state index is 11.1. The molecule has 2 rings (SSSR count). The van der Waals surface area contributed by atoms with Gasteiger partial charge in [0.25, 0.3) is 0 Å². The number of hydrogen-bond donors (Lipinski definition) is 2. The van der Waals surface area contributed by atoms with Gasteiger partial charge in [-0.2, -0.15) is 0 Å². The Bertz CT molecular complexity index is 490. The Labute approximate surface area is 112 Å². The van der Waals surface area contributed by atoms with Gasteiger partial charge in [0, 0.05) is 5.56 Å². The number of nitrogens with two attached hydrogens (primary N) is 2. The minimum Gasteiger partial charge on any atom is -0.386 e. The molecule has 5 nitrogen and oxygen atoms in total. The largest absolute Gasteiger partial charge is 0.386 e. The predicted molar refractivity (Wildman–Crippen MR) is 72.0 cm³/mol. The summed E-state index contributed by atoms with van der Waals surface area (Å²) in [6.07, 6.45) is 0. The quantitative estimate of drug-likeness (QED) is 0.832. The Hall–Kier alpha value is -1.59. The van der Waals surface area contributed by atoms with E-state index >= 15 is 0 Å². The van der Waals surface area contributed by atoms with Crippen LogP contribution in [-0.2, 0) is 10.3 Å². The summed E-state index contributed by atoms with van der Waals surface area (Å²) in [5.74, 6) is 0.00681. The van der Waals surface area contributed by atoms with Crippen molar-refractivity contribution in [2.75, 3.05) is 13.2 Å². The minimum absolute atomic E-state index is 0. The van der Waals surface area contributed by atoms with Gasteiger partial charge in [0.1, 0.15) is 18.0 Å². The Morgan fingerprint density at radius 2 is 2.22 bits per heavy atom. The third kappa shape index (κ3) is 2.80. The molecule has 0 aromatic heterocycles. The molecule has 18 heavy (non-hydrogen) atoms. The number of primary amides is 1. The highest BCUT2D eigenvalue weighted by atomic mass is 35.5. The molecule has 98 valence electrons. The van der Waals surface area contributed by atoms with Crippen LogP contribution >= 0.6 is 12.4 Å². The first kappa shape index (κ1) is 14.5. The van der Waals surface area contributed by atoms with Crippen LogP contribution in [0.15, 0.2) is 29.3 Å². The molecule has 0 saturated carbocycles. The first-order valence-corrected chi connectivity index (χ1v) is 5.33. The van der Waals surface area contributed by atoms with Crippen LogP contribution in [0.3, 0.4) is 0 Å². The first-order valence-electron chi connectivity index (χ1n) is 5.33. The Balaban J connectivity index is 0.00000162. The number of aliphatic imine (C=N–C) groups is 1. The summed E-state index contributed by atoms with van der Waals surface area (Å²) < 4.78 is 5.38. The fourth-order valence-electron chi connectivity index (χ4n) is 1.89. The topological polar surface area (TPSA) is 90.7 Å². The summed E-state index contributed by atoms with van der Waals surface area (Å²) in [4.78, 5) is 15.5. The second-order valence-electron chi connectivity index (χ2n) is 4.31. The number of ether oxygens (including phenoxy) is 1. The van der Waals surface area contributed by atoms with Crippen molar-refractivity contribution in [3.63, 3.8) is 0 Å². The molecular formula is C12H16ClN3O2. The fourth-order valence-corrected chi connectivity index (χ4v) is 1.89. The number of carbonyl (C=O) groups excluding carboxylic acids is 1. The van der Waals surface area contributed by atoms with Crippen LogP contribution < -0.4 is 11.5 Å². The van der Waals surface area contributed by atoms with Gasteiger partial charge in [-0.3, -0.25) is 9.79 Å². The molecule has 1 amide bonds. The molecule has 1 aromatic rings. The van der Waals surface area contributed by atoms with E-state index in [-0.39, 0.29) is 12.4 Å². The zero-order chi connectivity index (χ0) is 12.5. The first-order chi connectivity index (χ1) is 8.01. The SMILES string of the molecule is C[C@@]1(c2cccc(C(N)=O)c2)COCC(N)=N1.Cl. The molecule has 0 saturated heterocycles. The predicted octanol–water partition coefficient (Wildman–Crippen LogP) is 0.810. The van der Waals surface area contributed by atoms with E-state index < -0.39 is 11.4 Å². The monoisotopic (exact) mass is 269 g/mol. The lowest BCUT2D eigenvalue weighted by atomic mass is 9.91. The molecule has 0 fully saturated rings. The smallest absolute Gasteiger partial charge is 0.248 e. The molecule has 4 N–H and O–H groups in total. The van der Waals surface area contributed by atoms with Crippen LogP contribution in [0.2, 0.25) is 0 Å². The average Bonchev–Trinajstić information content (AvgIpc) is 2.29. The number of halogens is 1. The summed E-state index contributed by atoms with van der Waals surface area (Å²) in [5, 5.41) is 0. The maximum Gasteiger partial charge on any atom is 0.248 e. The molecular weight excluding hydrogens is 254 g/mol. The molecule has 0 bridgehead atoms. The van der Waals surface area contributed by atoms with Gasteiger partial charge in [-0.1, -0.05) is 12.1 Å². The Morgan fingerprint density at radius 1 is 1.50 bits per heavy atom. The van der Waals surface area contributed by atoms with Crippen LogP contribution in [0.4, 0.5) is 0 Å². The highest BCUT2D eigenvalue weighted by Crippen LogP contribution is 2.28. The van der Waals surface area contributed by atoms with Crippen molar-refractivity contribution in [2.24, 2.45) is 16.5 Å². The van der Waals surface area contributed by atoms with E-state index in [9.17, 15) is 4.79 Å². The summed E-state index contributed by atoms with van der Waals surface area (Å²) >= 11 is 0. The molecule has 1 heterocycles. The number of amides is 1. The van der Waals surface area contributed by atoms with Gasteiger partial charge in [0.2, 0.25) is 5.91 Å². The molecule has 6 heteroatoms. The number of nitrogens with zero attached hydrogens (tertiary/aromatic N) is 1. The van der Waals surface area contributed by atoms with E-state index in [4.69, 9.17) is 16.2 Å². The lowest BCUT2D eigenvalue weighted by Crippen LogP contribution is -2.37. The van der Waals surface area contributed by atoms with Gasteiger partial charge in [0.05, 0.1) is 6.61 Å².